The van der Waals surface area contributed by atoms with E-state index in [1.165, 1.54) is 10.8 Å². The number of hydrogen-bond acceptors (Lipinski definition) is 3. The quantitative estimate of drug-likeness (QED) is 0.281. The van der Waals surface area contributed by atoms with Crippen LogP contribution in [0.3, 0.4) is 0 Å². The Hall–Kier alpha value is -4.24. The van der Waals surface area contributed by atoms with E-state index in [0.29, 0.717) is 0 Å². The minimum absolute atomic E-state index is 0.782. The highest BCUT2D eigenvalue weighted by Gasteiger charge is 1.99. The number of benzene rings is 5. The van der Waals surface area contributed by atoms with Crippen molar-refractivity contribution in [3.05, 3.63) is 121 Å². The summed E-state index contributed by atoms with van der Waals surface area (Å²) in [6.45, 7) is 0. The predicted octanol–water partition coefficient (Wildman–Crippen LogP) is 7.10. The van der Waals surface area contributed by atoms with Gasteiger partial charge in [-0.25, -0.2) is 0 Å². The summed E-state index contributed by atoms with van der Waals surface area (Å²) in [4.78, 5) is 0. The number of hydrogen-bond donors (Lipinski definition) is 3. The van der Waals surface area contributed by atoms with Gasteiger partial charge in [0.1, 0.15) is 0 Å². The maximum absolute atomic E-state index is 5.61. The van der Waals surface area contributed by atoms with Gasteiger partial charge in [-0.15, -0.1) is 0 Å². The monoisotopic (exact) mass is 403 g/mol. The Morgan fingerprint density at radius 2 is 0.968 bits per heavy atom. The summed E-state index contributed by atoms with van der Waals surface area (Å²) in [6, 6.07) is 40.5. The molecule has 0 bridgehead atoms. The molecule has 0 radical (unpaired) electrons. The van der Waals surface area contributed by atoms with Gasteiger partial charge in [-0.3, -0.25) is 0 Å². The van der Waals surface area contributed by atoms with Gasteiger partial charge in [-0.05, 0) is 59.0 Å². The Kier molecular flexibility index (Phi) is 6.15. The molecule has 0 saturated heterocycles. The molecule has 0 spiro atoms. The van der Waals surface area contributed by atoms with Crippen molar-refractivity contribution in [1.29, 1.82) is 0 Å². The van der Waals surface area contributed by atoms with E-state index >= 15 is 0 Å². The van der Waals surface area contributed by atoms with E-state index in [1.54, 1.807) is 0 Å². The van der Waals surface area contributed by atoms with Crippen molar-refractivity contribution in [2.75, 3.05) is 16.8 Å². The molecular weight excluding hydrogens is 378 g/mol. The van der Waals surface area contributed by atoms with E-state index in [0.717, 1.165) is 33.9 Å². The summed E-state index contributed by atoms with van der Waals surface area (Å²) >= 11 is 0. The van der Waals surface area contributed by atoms with E-state index in [2.05, 4.69) is 59.9 Å². The zero-order valence-electron chi connectivity index (χ0n) is 17.2. The van der Waals surface area contributed by atoms with Gasteiger partial charge in [0.05, 0.1) is 0 Å². The molecule has 31 heavy (non-hydrogen) atoms. The zero-order chi connectivity index (χ0) is 21.5. The number of para-hydroxylation sites is 1. The van der Waals surface area contributed by atoms with Crippen LogP contribution in [0.15, 0.2) is 121 Å². The number of nitrogens with one attached hydrogen (secondary N) is 1. The lowest BCUT2D eigenvalue weighted by Gasteiger charge is -2.09. The van der Waals surface area contributed by atoms with Gasteiger partial charge in [0.2, 0.25) is 0 Å². The second-order valence-corrected chi connectivity index (χ2v) is 7.26. The van der Waals surface area contributed by atoms with Crippen molar-refractivity contribution >= 4 is 33.5 Å². The standard InChI is InChI=1S/C16H13N.C12H12N2/c1-2-9-14(10-3-1)17-16-12-6-8-13-7-4-5-11-15(13)16;13-11-5-1-9(2-6-11)10-3-7-12(14)8-4-10/h1-12,17H;1-8H,13-14H2. The Morgan fingerprint density at radius 3 is 1.58 bits per heavy atom. The van der Waals surface area contributed by atoms with E-state index in [1.807, 2.05) is 66.7 Å². The van der Waals surface area contributed by atoms with Gasteiger partial charge in [0.15, 0.2) is 0 Å². The van der Waals surface area contributed by atoms with E-state index in [9.17, 15) is 0 Å². The SMILES string of the molecule is Nc1ccc(-c2ccc(N)cc2)cc1.c1ccc(Nc2cccc3ccccc23)cc1. The molecule has 3 nitrogen and oxygen atoms in total. The van der Waals surface area contributed by atoms with Crippen LogP contribution in [0.2, 0.25) is 0 Å². The van der Waals surface area contributed by atoms with Crippen LogP contribution in [-0.2, 0) is 0 Å². The van der Waals surface area contributed by atoms with Crippen molar-refractivity contribution in [3.63, 3.8) is 0 Å². The minimum Gasteiger partial charge on any atom is -0.399 e. The number of nitrogens with two attached hydrogens (primary N) is 2. The predicted molar refractivity (Wildman–Crippen MR) is 134 cm³/mol. The summed E-state index contributed by atoms with van der Waals surface area (Å²) in [6.07, 6.45) is 0. The number of rotatable bonds is 3. The van der Waals surface area contributed by atoms with Gasteiger partial charge in [0.25, 0.3) is 0 Å². The van der Waals surface area contributed by atoms with Crippen LogP contribution in [0, 0.1) is 0 Å². The molecule has 0 saturated carbocycles. The Bertz CT molecular complexity index is 1200. The van der Waals surface area contributed by atoms with Crippen LogP contribution >= 0.6 is 0 Å². The second-order valence-electron chi connectivity index (χ2n) is 7.26. The topological polar surface area (TPSA) is 64.1 Å². The first-order chi connectivity index (χ1) is 15.2. The molecule has 0 aliphatic rings. The first-order valence-corrected chi connectivity index (χ1v) is 10.2. The summed E-state index contributed by atoms with van der Waals surface area (Å²) < 4.78 is 0. The molecule has 5 N–H and O–H groups in total. The molecule has 0 amide bonds. The molecular formula is C28H25N3. The molecule has 5 rings (SSSR count). The molecule has 0 aliphatic heterocycles. The first kappa shape index (κ1) is 20.0. The van der Waals surface area contributed by atoms with Crippen LogP contribution in [-0.4, -0.2) is 0 Å². The van der Waals surface area contributed by atoms with Crippen molar-refractivity contribution in [1.82, 2.24) is 0 Å². The fraction of sp³-hybridized carbons (Fsp3) is 0. The van der Waals surface area contributed by atoms with Gasteiger partial charge >= 0.3 is 0 Å². The highest BCUT2D eigenvalue weighted by molar-refractivity contribution is 5.95. The van der Waals surface area contributed by atoms with Crippen LogP contribution in [0.5, 0.6) is 0 Å². The van der Waals surface area contributed by atoms with Gasteiger partial charge in [-0.2, -0.15) is 0 Å². The normalized spacial score (nSPS) is 10.2. The van der Waals surface area contributed by atoms with Crippen molar-refractivity contribution < 1.29 is 0 Å². The van der Waals surface area contributed by atoms with E-state index < -0.39 is 0 Å². The van der Waals surface area contributed by atoms with Gasteiger partial charge < -0.3 is 16.8 Å². The average Bonchev–Trinajstić information content (AvgIpc) is 2.82. The largest absolute Gasteiger partial charge is 0.399 e. The van der Waals surface area contributed by atoms with Crippen LogP contribution in [0.4, 0.5) is 22.7 Å². The summed E-state index contributed by atoms with van der Waals surface area (Å²) in [5.74, 6) is 0. The third-order valence-electron chi connectivity index (χ3n) is 5.00. The molecule has 5 aromatic carbocycles. The molecule has 0 unspecified atom stereocenters. The first-order valence-electron chi connectivity index (χ1n) is 10.2. The van der Waals surface area contributed by atoms with Gasteiger partial charge in [-0.1, -0.05) is 78.9 Å². The van der Waals surface area contributed by atoms with Crippen LogP contribution in [0.25, 0.3) is 21.9 Å². The number of anilines is 4. The molecule has 3 heteroatoms. The smallest absolute Gasteiger partial charge is 0.0463 e. The van der Waals surface area contributed by atoms with Crippen LogP contribution in [0.1, 0.15) is 0 Å². The highest BCUT2D eigenvalue weighted by Crippen LogP contribution is 2.26. The average molecular weight is 404 g/mol. The fourth-order valence-corrected chi connectivity index (χ4v) is 3.36. The second kappa shape index (κ2) is 9.51. The van der Waals surface area contributed by atoms with Crippen molar-refractivity contribution in [2.24, 2.45) is 0 Å². The highest BCUT2D eigenvalue weighted by atomic mass is 14.9. The molecule has 0 fully saturated rings. The minimum atomic E-state index is 0.782. The fourth-order valence-electron chi connectivity index (χ4n) is 3.36. The lowest BCUT2D eigenvalue weighted by molar-refractivity contribution is 1.58. The third-order valence-corrected chi connectivity index (χ3v) is 5.00. The zero-order valence-corrected chi connectivity index (χ0v) is 17.2. The summed E-state index contributed by atoms with van der Waals surface area (Å²) in [7, 11) is 0. The Labute approximate surface area is 183 Å². The lowest BCUT2D eigenvalue weighted by Crippen LogP contribution is -1.90. The molecule has 152 valence electrons. The maximum Gasteiger partial charge on any atom is 0.0463 e. The molecule has 0 aliphatic carbocycles. The number of fused-ring (bicyclic) bond motifs is 1. The Morgan fingerprint density at radius 1 is 0.452 bits per heavy atom. The van der Waals surface area contributed by atoms with Crippen molar-refractivity contribution in [2.45, 2.75) is 0 Å². The summed E-state index contributed by atoms with van der Waals surface area (Å²) in [5, 5.41) is 5.95. The van der Waals surface area contributed by atoms with Crippen molar-refractivity contribution in [3.8, 4) is 11.1 Å². The lowest BCUT2D eigenvalue weighted by atomic mass is 10.1. The Balaban J connectivity index is 0.000000152. The van der Waals surface area contributed by atoms with E-state index in [4.69, 9.17) is 11.5 Å². The van der Waals surface area contributed by atoms with Gasteiger partial charge in [0, 0.05) is 28.1 Å². The third kappa shape index (κ3) is 5.22. The molecule has 0 aromatic heterocycles. The molecule has 5 aromatic rings. The molecule has 0 atom stereocenters. The van der Waals surface area contributed by atoms with Crippen LogP contribution < -0.4 is 16.8 Å². The van der Waals surface area contributed by atoms with E-state index in [-0.39, 0.29) is 0 Å². The maximum atomic E-state index is 5.61. The molecule has 0 heterocycles. The summed E-state index contributed by atoms with van der Waals surface area (Å²) in [5.41, 5.74) is 17.3. The number of nitrogen functional groups attached to an aromatic ring is 2.